The predicted molar refractivity (Wildman–Crippen MR) is 126 cm³/mol. The maximum absolute atomic E-state index is 12.3. The van der Waals surface area contributed by atoms with Crippen LogP contribution in [0.15, 0.2) is 48.5 Å². The van der Waals surface area contributed by atoms with E-state index in [0.717, 1.165) is 42.2 Å². The molecule has 0 aliphatic heterocycles. The molecule has 6 nitrogen and oxygen atoms in total. The summed E-state index contributed by atoms with van der Waals surface area (Å²) in [6.07, 6.45) is 4.68. The van der Waals surface area contributed by atoms with E-state index >= 15 is 0 Å². The van der Waals surface area contributed by atoms with E-state index in [2.05, 4.69) is 33.7 Å². The highest BCUT2D eigenvalue weighted by Crippen LogP contribution is 2.36. The second kappa shape index (κ2) is 9.81. The van der Waals surface area contributed by atoms with E-state index in [0.29, 0.717) is 13.0 Å². The largest absolute Gasteiger partial charge is 0.215 e. The van der Waals surface area contributed by atoms with Crippen LogP contribution in [0.4, 0.5) is 0 Å². The molecule has 0 amide bonds. The molecular formula is C23H32N2O4S2. The number of nitrogens with one attached hydrogen (secondary N) is 2. The van der Waals surface area contributed by atoms with Gasteiger partial charge in [-0.3, -0.25) is 0 Å². The SMILES string of the molecule is CC(C)S(=O)(=O)N[C@H]1CCC[C@@H]1c1ccc(-c2ccc(CCNS(C)(=O)=O)cc2)cc1. The summed E-state index contributed by atoms with van der Waals surface area (Å²) < 4.78 is 52.3. The molecule has 0 heterocycles. The lowest BCUT2D eigenvalue weighted by atomic mass is 9.92. The van der Waals surface area contributed by atoms with Crippen LogP contribution in [0.5, 0.6) is 0 Å². The van der Waals surface area contributed by atoms with Crippen LogP contribution in [0.25, 0.3) is 11.1 Å². The van der Waals surface area contributed by atoms with Gasteiger partial charge in [0.15, 0.2) is 0 Å². The molecule has 2 aromatic rings. The summed E-state index contributed by atoms with van der Waals surface area (Å²) >= 11 is 0. The van der Waals surface area contributed by atoms with Gasteiger partial charge in [0.05, 0.1) is 11.5 Å². The molecule has 31 heavy (non-hydrogen) atoms. The van der Waals surface area contributed by atoms with Crippen molar-refractivity contribution in [1.82, 2.24) is 9.44 Å². The summed E-state index contributed by atoms with van der Waals surface area (Å²) in [4.78, 5) is 0. The van der Waals surface area contributed by atoms with Crippen molar-refractivity contribution < 1.29 is 16.8 Å². The van der Waals surface area contributed by atoms with Crippen molar-refractivity contribution in [3.63, 3.8) is 0 Å². The van der Waals surface area contributed by atoms with Crippen LogP contribution in [0.3, 0.4) is 0 Å². The molecule has 0 spiro atoms. The molecule has 2 N–H and O–H groups in total. The number of hydrogen-bond donors (Lipinski definition) is 2. The second-order valence-corrected chi connectivity index (χ2v) is 12.7. The van der Waals surface area contributed by atoms with Gasteiger partial charge in [-0.1, -0.05) is 55.0 Å². The Morgan fingerprint density at radius 3 is 2.03 bits per heavy atom. The van der Waals surface area contributed by atoms with Gasteiger partial charge in [0.25, 0.3) is 0 Å². The van der Waals surface area contributed by atoms with E-state index in [1.807, 2.05) is 24.3 Å². The standard InChI is InChI=1S/C23H32N2O4S2/c1-17(2)31(28,29)25-23-6-4-5-22(23)21-13-11-20(12-14-21)19-9-7-18(8-10-19)15-16-24-30(3,26)27/h7-14,17,22-25H,4-6,15-16H2,1-3H3/t22-,23+/m1/s1. The van der Waals surface area contributed by atoms with Crippen LogP contribution in [-0.4, -0.2) is 40.9 Å². The molecule has 3 rings (SSSR count). The van der Waals surface area contributed by atoms with Crippen molar-refractivity contribution in [3.05, 3.63) is 59.7 Å². The van der Waals surface area contributed by atoms with Gasteiger partial charge in [-0.25, -0.2) is 26.3 Å². The topological polar surface area (TPSA) is 92.3 Å². The van der Waals surface area contributed by atoms with E-state index < -0.39 is 25.3 Å². The summed E-state index contributed by atoms with van der Waals surface area (Å²) in [5.41, 5.74) is 4.43. The zero-order chi connectivity index (χ0) is 22.6. The Balaban J connectivity index is 1.66. The fraction of sp³-hybridized carbons (Fsp3) is 0.478. The summed E-state index contributed by atoms with van der Waals surface area (Å²) in [7, 11) is -6.44. The first-order valence-corrected chi connectivity index (χ1v) is 14.1. The maximum atomic E-state index is 12.3. The molecule has 2 aromatic carbocycles. The summed E-state index contributed by atoms with van der Waals surface area (Å²) in [6, 6.07) is 16.4. The van der Waals surface area contributed by atoms with E-state index in [9.17, 15) is 16.8 Å². The van der Waals surface area contributed by atoms with Crippen LogP contribution in [0.2, 0.25) is 0 Å². The molecule has 0 saturated heterocycles. The van der Waals surface area contributed by atoms with Crippen molar-refractivity contribution in [2.45, 2.75) is 56.7 Å². The van der Waals surface area contributed by atoms with Gasteiger partial charge in [0.1, 0.15) is 0 Å². The fourth-order valence-corrected chi connectivity index (χ4v) is 5.46. The highest BCUT2D eigenvalue weighted by Gasteiger charge is 2.32. The number of benzene rings is 2. The first-order valence-electron chi connectivity index (χ1n) is 10.7. The van der Waals surface area contributed by atoms with Gasteiger partial charge in [-0.2, -0.15) is 0 Å². The molecule has 8 heteroatoms. The van der Waals surface area contributed by atoms with Crippen molar-refractivity contribution >= 4 is 20.0 Å². The Kier molecular flexibility index (Phi) is 7.57. The summed E-state index contributed by atoms with van der Waals surface area (Å²) in [6.45, 7) is 3.79. The van der Waals surface area contributed by atoms with E-state index in [1.165, 1.54) is 5.56 Å². The van der Waals surface area contributed by atoms with Gasteiger partial charge < -0.3 is 0 Å². The Bertz CT molecular complexity index is 1080. The van der Waals surface area contributed by atoms with Gasteiger partial charge in [0, 0.05) is 18.5 Å². The quantitative estimate of drug-likeness (QED) is 0.595. The lowest BCUT2D eigenvalue weighted by molar-refractivity contribution is 0.519. The molecule has 170 valence electrons. The molecule has 1 aliphatic carbocycles. The maximum Gasteiger partial charge on any atom is 0.214 e. The first-order chi connectivity index (χ1) is 14.5. The fourth-order valence-electron chi connectivity index (χ4n) is 4.01. The molecule has 1 aliphatic rings. The minimum Gasteiger partial charge on any atom is -0.215 e. The van der Waals surface area contributed by atoms with Crippen molar-refractivity contribution in [2.24, 2.45) is 0 Å². The van der Waals surface area contributed by atoms with Gasteiger partial charge in [-0.05, 0) is 55.4 Å². The minimum atomic E-state index is -3.28. The molecular weight excluding hydrogens is 432 g/mol. The normalized spacial score (nSPS) is 19.7. The third-order valence-electron chi connectivity index (χ3n) is 5.86. The Hall–Kier alpha value is -1.74. The molecule has 1 saturated carbocycles. The molecule has 1 fully saturated rings. The number of sulfonamides is 2. The Morgan fingerprint density at radius 1 is 0.903 bits per heavy atom. The van der Waals surface area contributed by atoms with E-state index in [4.69, 9.17) is 0 Å². The second-order valence-electron chi connectivity index (χ2n) is 8.59. The predicted octanol–water partition coefficient (Wildman–Crippen LogP) is 3.41. The lowest BCUT2D eigenvalue weighted by Crippen LogP contribution is -2.40. The lowest BCUT2D eigenvalue weighted by Gasteiger charge is -2.23. The van der Waals surface area contributed by atoms with Crippen LogP contribution in [0.1, 0.15) is 50.2 Å². The summed E-state index contributed by atoms with van der Waals surface area (Å²) in [5.74, 6) is 0.201. The first kappa shape index (κ1) is 23.9. The number of hydrogen-bond acceptors (Lipinski definition) is 4. The van der Waals surface area contributed by atoms with E-state index in [-0.39, 0.29) is 12.0 Å². The molecule has 0 aromatic heterocycles. The minimum absolute atomic E-state index is 0.0434. The third kappa shape index (κ3) is 6.62. The zero-order valence-electron chi connectivity index (χ0n) is 18.3. The highest BCUT2D eigenvalue weighted by molar-refractivity contribution is 7.90. The van der Waals surface area contributed by atoms with Gasteiger partial charge in [-0.15, -0.1) is 0 Å². The van der Waals surface area contributed by atoms with E-state index in [1.54, 1.807) is 13.8 Å². The van der Waals surface area contributed by atoms with Crippen molar-refractivity contribution in [2.75, 3.05) is 12.8 Å². The molecule has 0 bridgehead atoms. The van der Waals surface area contributed by atoms with Crippen molar-refractivity contribution in [3.8, 4) is 11.1 Å². The van der Waals surface area contributed by atoms with Crippen LogP contribution >= 0.6 is 0 Å². The average molecular weight is 465 g/mol. The average Bonchev–Trinajstić information content (AvgIpc) is 3.15. The summed E-state index contributed by atoms with van der Waals surface area (Å²) in [5, 5.41) is -0.429. The van der Waals surface area contributed by atoms with Crippen LogP contribution in [-0.2, 0) is 26.5 Å². The van der Waals surface area contributed by atoms with Crippen LogP contribution < -0.4 is 9.44 Å². The number of rotatable bonds is 9. The smallest absolute Gasteiger partial charge is 0.214 e. The molecule has 0 radical (unpaired) electrons. The monoisotopic (exact) mass is 464 g/mol. The van der Waals surface area contributed by atoms with Gasteiger partial charge in [0.2, 0.25) is 20.0 Å². The Labute approximate surface area is 186 Å². The van der Waals surface area contributed by atoms with Gasteiger partial charge >= 0.3 is 0 Å². The van der Waals surface area contributed by atoms with Crippen LogP contribution in [0, 0.1) is 0 Å². The Morgan fingerprint density at radius 2 is 1.48 bits per heavy atom. The highest BCUT2D eigenvalue weighted by atomic mass is 32.2. The zero-order valence-corrected chi connectivity index (χ0v) is 20.0. The molecule has 0 unspecified atom stereocenters. The molecule has 2 atom stereocenters. The van der Waals surface area contributed by atoms with Crippen molar-refractivity contribution in [1.29, 1.82) is 0 Å². The third-order valence-corrected chi connectivity index (χ3v) is 8.46.